The van der Waals surface area contributed by atoms with E-state index in [0.29, 0.717) is 5.57 Å². The van der Waals surface area contributed by atoms with E-state index in [1.54, 1.807) is 18.7 Å². The van der Waals surface area contributed by atoms with Gasteiger partial charge in [-0.2, -0.15) is 5.26 Å². The first-order valence-corrected chi connectivity index (χ1v) is 7.58. The van der Waals surface area contributed by atoms with Crippen LogP contribution in [0, 0.1) is 11.3 Å². The summed E-state index contributed by atoms with van der Waals surface area (Å²) < 4.78 is 5.49. The predicted octanol–water partition coefficient (Wildman–Crippen LogP) is 3.12. The van der Waals surface area contributed by atoms with Gasteiger partial charge in [0.1, 0.15) is 6.07 Å². The molecule has 0 aromatic heterocycles. The summed E-state index contributed by atoms with van der Waals surface area (Å²) in [5.74, 6) is -0.740. The largest absolute Gasteiger partial charge is 0.440 e. The number of hydrogen-bond acceptors (Lipinski definition) is 4. The van der Waals surface area contributed by atoms with Crippen LogP contribution >= 0.6 is 0 Å². The summed E-state index contributed by atoms with van der Waals surface area (Å²) in [5.41, 5.74) is -1.93. The van der Waals surface area contributed by atoms with Crippen molar-refractivity contribution in [2.75, 3.05) is 0 Å². The average molecular weight is 318 g/mol. The van der Waals surface area contributed by atoms with E-state index in [0.717, 1.165) is 0 Å². The Morgan fingerprint density at radius 1 is 1.04 bits per heavy atom. The lowest BCUT2D eigenvalue weighted by Crippen LogP contribution is -2.67. The van der Waals surface area contributed by atoms with Crippen LogP contribution in [0.2, 0.25) is 0 Å². The van der Waals surface area contributed by atoms with E-state index in [2.05, 4.69) is 19.2 Å². The minimum atomic E-state index is -1.28. The van der Waals surface area contributed by atoms with Gasteiger partial charge in [-0.05, 0) is 41.5 Å². The van der Waals surface area contributed by atoms with E-state index in [-0.39, 0.29) is 24.3 Å². The normalized spacial score (nSPS) is 21.0. The zero-order valence-electron chi connectivity index (χ0n) is 14.9. The minimum absolute atomic E-state index is 0.155. The van der Waals surface area contributed by atoms with Crippen LogP contribution in [0.25, 0.3) is 0 Å². The summed E-state index contributed by atoms with van der Waals surface area (Å²) in [7, 11) is 0. The SMILES string of the molecule is C=C(C)C(=O)OC1(C#N)CC(C)(C)N(C(=O)C(=C)C)C(C)(C)C1. The minimum Gasteiger partial charge on any atom is -0.440 e. The predicted molar refractivity (Wildman–Crippen MR) is 88.3 cm³/mol. The number of hydrogen-bond donors (Lipinski definition) is 0. The van der Waals surface area contributed by atoms with Gasteiger partial charge >= 0.3 is 5.97 Å². The van der Waals surface area contributed by atoms with Crippen molar-refractivity contribution >= 4 is 11.9 Å². The Kier molecular flexibility index (Phi) is 4.82. The molecule has 1 aliphatic heterocycles. The number of carbonyl (C=O) groups is 2. The molecule has 0 unspecified atom stereocenters. The fraction of sp³-hybridized carbons (Fsp3) is 0.611. The monoisotopic (exact) mass is 318 g/mol. The summed E-state index contributed by atoms with van der Waals surface area (Å²) in [6.07, 6.45) is 0.468. The second kappa shape index (κ2) is 5.84. The van der Waals surface area contributed by atoms with Gasteiger partial charge < -0.3 is 9.64 Å². The van der Waals surface area contributed by atoms with Crippen LogP contribution in [0.3, 0.4) is 0 Å². The molecule has 23 heavy (non-hydrogen) atoms. The first-order valence-electron chi connectivity index (χ1n) is 7.58. The molecule has 126 valence electrons. The number of piperidine rings is 1. The molecule has 0 aromatic carbocycles. The molecule has 1 aliphatic rings. The molecule has 1 rings (SSSR count). The molecule has 0 atom stereocenters. The molecule has 0 aliphatic carbocycles. The van der Waals surface area contributed by atoms with Crippen LogP contribution in [-0.2, 0) is 14.3 Å². The van der Waals surface area contributed by atoms with Crippen molar-refractivity contribution in [2.24, 2.45) is 0 Å². The maximum absolute atomic E-state index is 12.6. The third-order valence-electron chi connectivity index (χ3n) is 4.06. The summed E-state index contributed by atoms with van der Waals surface area (Å²) in [4.78, 5) is 26.3. The number of rotatable bonds is 3. The third-order valence-corrected chi connectivity index (χ3v) is 4.06. The molecule has 5 nitrogen and oxygen atoms in total. The van der Waals surface area contributed by atoms with Gasteiger partial charge in [0.05, 0.1) is 0 Å². The second-order valence-corrected chi connectivity index (χ2v) is 7.68. The van der Waals surface area contributed by atoms with Crippen molar-refractivity contribution in [1.29, 1.82) is 5.26 Å². The van der Waals surface area contributed by atoms with Crippen molar-refractivity contribution < 1.29 is 14.3 Å². The van der Waals surface area contributed by atoms with E-state index in [4.69, 9.17) is 4.74 Å². The molecule has 0 spiro atoms. The molecule has 1 saturated heterocycles. The third kappa shape index (κ3) is 3.64. The summed E-state index contributed by atoms with van der Waals surface area (Å²) >= 11 is 0. The van der Waals surface area contributed by atoms with Crippen molar-refractivity contribution in [3.05, 3.63) is 24.3 Å². The highest BCUT2D eigenvalue weighted by atomic mass is 16.6. The molecule has 0 bridgehead atoms. The Morgan fingerprint density at radius 2 is 1.48 bits per heavy atom. The van der Waals surface area contributed by atoms with E-state index in [1.165, 1.54) is 0 Å². The van der Waals surface area contributed by atoms with Gasteiger partial charge in [0.15, 0.2) is 0 Å². The van der Waals surface area contributed by atoms with Crippen LogP contribution in [0.15, 0.2) is 24.3 Å². The number of carbonyl (C=O) groups excluding carboxylic acids is 2. The Labute approximate surface area is 138 Å². The van der Waals surface area contributed by atoms with Gasteiger partial charge in [0.2, 0.25) is 11.5 Å². The van der Waals surface area contributed by atoms with Gasteiger partial charge in [-0.15, -0.1) is 0 Å². The molecular formula is C18H26N2O3. The van der Waals surface area contributed by atoms with Crippen molar-refractivity contribution in [1.82, 2.24) is 4.90 Å². The smallest absolute Gasteiger partial charge is 0.334 e. The number of amides is 1. The summed E-state index contributed by atoms with van der Waals surface area (Å²) in [6, 6.07) is 2.16. The van der Waals surface area contributed by atoms with E-state index >= 15 is 0 Å². The van der Waals surface area contributed by atoms with E-state index in [9.17, 15) is 14.9 Å². The van der Waals surface area contributed by atoms with E-state index in [1.807, 2.05) is 27.7 Å². The molecule has 0 radical (unpaired) electrons. The lowest BCUT2D eigenvalue weighted by atomic mass is 9.71. The standard InChI is InChI=1S/C18H26N2O3/c1-12(2)14(21)20-16(5,6)9-18(11-19,10-17(20,7)8)23-15(22)13(3)4/h1,3,9-10H2,2,4-8H3. The maximum atomic E-state index is 12.6. The zero-order chi connectivity index (χ0) is 18.2. The van der Waals surface area contributed by atoms with Crippen LogP contribution in [0.5, 0.6) is 0 Å². The maximum Gasteiger partial charge on any atom is 0.334 e. The highest BCUT2D eigenvalue weighted by Gasteiger charge is 2.56. The van der Waals surface area contributed by atoms with Gasteiger partial charge in [-0.25, -0.2) is 4.79 Å². The van der Waals surface area contributed by atoms with Crippen LogP contribution in [0.4, 0.5) is 0 Å². The fourth-order valence-electron chi connectivity index (χ4n) is 3.62. The van der Waals surface area contributed by atoms with Gasteiger partial charge in [0, 0.05) is 35.1 Å². The molecule has 0 saturated carbocycles. The van der Waals surface area contributed by atoms with Crippen molar-refractivity contribution in [2.45, 2.75) is 71.1 Å². The molecule has 1 heterocycles. The fourth-order valence-corrected chi connectivity index (χ4v) is 3.62. The molecule has 5 heteroatoms. The Balaban J connectivity index is 3.31. The summed E-state index contributed by atoms with van der Waals surface area (Å²) in [5, 5.41) is 9.69. The van der Waals surface area contributed by atoms with Gasteiger partial charge in [-0.3, -0.25) is 4.79 Å². The van der Waals surface area contributed by atoms with Crippen LogP contribution in [-0.4, -0.2) is 33.5 Å². The Bertz CT molecular complexity index is 590. The highest BCUT2D eigenvalue weighted by molar-refractivity contribution is 5.93. The topological polar surface area (TPSA) is 70.4 Å². The molecule has 1 amide bonds. The number of nitrogens with zero attached hydrogens (tertiary/aromatic N) is 2. The van der Waals surface area contributed by atoms with E-state index < -0.39 is 22.6 Å². The van der Waals surface area contributed by atoms with Crippen LogP contribution < -0.4 is 0 Å². The van der Waals surface area contributed by atoms with Crippen LogP contribution in [0.1, 0.15) is 54.4 Å². The second-order valence-electron chi connectivity index (χ2n) is 7.68. The van der Waals surface area contributed by atoms with Gasteiger partial charge in [-0.1, -0.05) is 13.2 Å². The first-order chi connectivity index (χ1) is 10.3. The number of likely N-dealkylation sites (tertiary alicyclic amines) is 1. The Morgan fingerprint density at radius 3 is 1.78 bits per heavy atom. The molecule has 1 fully saturated rings. The van der Waals surface area contributed by atoms with Crippen molar-refractivity contribution in [3.8, 4) is 6.07 Å². The zero-order valence-corrected chi connectivity index (χ0v) is 14.9. The molecule has 0 aromatic rings. The average Bonchev–Trinajstić information content (AvgIpc) is 2.35. The Hall–Kier alpha value is -2.09. The molecular weight excluding hydrogens is 292 g/mol. The van der Waals surface area contributed by atoms with Gasteiger partial charge in [0.25, 0.3) is 0 Å². The molecule has 0 N–H and O–H groups in total. The quantitative estimate of drug-likeness (QED) is 0.592. The highest BCUT2D eigenvalue weighted by Crippen LogP contribution is 2.45. The number of esters is 1. The number of nitriles is 1. The first kappa shape index (κ1) is 19.0. The lowest BCUT2D eigenvalue weighted by molar-refractivity contribution is -0.173. The van der Waals surface area contributed by atoms with Crippen molar-refractivity contribution in [3.63, 3.8) is 0 Å². The summed E-state index contributed by atoms with van der Waals surface area (Å²) in [6.45, 7) is 18.0. The number of ether oxygens (including phenoxy) is 1. The lowest BCUT2D eigenvalue weighted by Gasteiger charge is -2.57.